The molecule has 5 heteroatoms. The quantitative estimate of drug-likeness (QED) is 0.882. The zero-order valence-electron chi connectivity index (χ0n) is 12.6. The van der Waals surface area contributed by atoms with Crippen LogP contribution in [0.5, 0.6) is 0 Å². The summed E-state index contributed by atoms with van der Waals surface area (Å²) in [6, 6.07) is 0.0323. The Morgan fingerprint density at radius 2 is 2.25 bits per heavy atom. The first-order valence-corrected chi connectivity index (χ1v) is 7.64. The van der Waals surface area contributed by atoms with Crippen LogP contribution in [0.1, 0.15) is 49.8 Å². The van der Waals surface area contributed by atoms with Gasteiger partial charge in [0.1, 0.15) is 5.82 Å². The average Bonchev–Trinajstić information content (AvgIpc) is 3.06. The smallest absolute Gasteiger partial charge is 0.240 e. The van der Waals surface area contributed by atoms with Gasteiger partial charge >= 0.3 is 0 Å². The van der Waals surface area contributed by atoms with Crippen LogP contribution in [0.25, 0.3) is 0 Å². The second-order valence-corrected chi connectivity index (χ2v) is 6.24. The number of hydrogen-bond acceptors (Lipinski definition) is 3. The Kier molecular flexibility index (Phi) is 3.54. The molecule has 0 saturated carbocycles. The SMILES string of the molecule is CC(C)c1nc2c(n1C)CCN(C(=O)C1CCCN1)C2. The summed E-state index contributed by atoms with van der Waals surface area (Å²) in [5.41, 5.74) is 2.39. The highest BCUT2D eigenvalue weighted by molar-refractivity contribution is 5.82. The van der Waals surface area contributed by atoms with Gasteiger partial charge in [0.2, 0.25) is 5.91 Å². The van der Waals surface area contributed by atoms with Gasteiger partial charge in [-0.15, -0.1) is 0 Å². The molecule has 1 aromatic rings. The van der Waals surface area contributed by atoms with Gasteiger partial charge in [-0.3, -0.25) is 4.79 Å². The van der Waals surface area contributed by atoms with E-state index in [4.69, 9.17) is 4.98 Å². The summed E-state index contributed by atoms with van der Waals surface area (Å²) >= 11 is 0. The molecule has 0 aromatic carbocycles. The molecule has 0 bridgehead atoms. The van der Waals surface area contributed by atoms with Crippen LogP contribution >= 0.6 is 0 Å². The van der Waals surface area contributed by atoms with Gasteiger partial charge < -0.3 is 14.8 Å². The average molecular weight is 276 g/mol. The molecule has 20 heavy (non-hydrogen) atoms. The molecule has 2 aliphatic heterocycles. The van der Waals surface area contributed by atoms with Crippen molar-refractivity contribution in [1.82, 2.24) is 19.8 Å². The Morgan fingerprint density at radius 1 is 1.45 bits per heavy atom. The number of hydrogen-bond donors (Lipinski definition) is 1. The molecule has 3 heterocycles. The van der Waals surface area contributed by atoms with E-state index >= 15 is 0 Å². The monoisotopic (exact) mass is 276 g/mol. The van der Waals surface area contributed by atoms with Crippen LogP contribution in [-0.4, -0.2) is 39.5 Å². The molecule has 5 nitrogen and oxygen atoms in total. The number of aromatic nitrogens is 2. The summed E-state index contributed by atoms with van der Waals surface area (Å²) in [6.45, 7) is 6.79. The highest BCUT2D eigenvalue weighted by atomic mass is 16.2. The fraction of sp³-hybridized carbons (Fsp3) is 0.733. The number of rotatable bonds is 2. The Morgan fingerprint density at radius 3 is 2.90 bits per heavy atom. The van der Waals surface area contributed by atoms with Crippen molar-refractivity contribution in [1.29, 1.82) is 0 Å². The molecular weight excluding hydrogens is 252 g/mol. The summed E-state index contributed by atoms with van der Waals surface area (Å²) in [5, 5.41) is 3.30. The van der Waals surface area contributed by atoms with Gasteiger partial charge in [-0.1, -0.05) is 13.8 Å². The molecule has 1 unspecified atom stereocenters. The molecule has 3 rings (SSSR count). The lowest BCUT2D eigenvalue weighted by molar-refractivity contribution is -0.134. The van der Waals surface area contributed by atoms with E-state index in [2.05, 4.69) is 30.8 Å². The zero-order chi connectivity index (χ0) is 14.3. The van der Waals surface area contributed by atoms with E-state index in [0.717, 1.165) is 43.9 Å². The van der Waals surface area contributed by atoms with Crippen molar-refractivity contribution in [2.75, 3.05) is 13.1 Å². The number of carbonyl (C=O) groups is 1. The predicted octanol–water partition coefficient (Wildman–Crippen LogP) is 1.18. The van der Waals surface area contributed by atoms with Crippen molar-refractivity contribution in [3.05, 3.63) is 17.2 Å². The van der Waals surface area contributed by atoms with Crippen LogP contribution in [-0.2, 0) is 24.8 Å². The first-order chi connectivity index (χ1) is 9.58. The molecule has 0 radical (unpaired) electrons. The highest BCUT2D eigenvalue weighted by Gasteiger charge is 2.31. The lowest BCUT2D eigenvalue weighted by atomic mass is 10.1. The van der Waals surface area contributed by atoms with Gasteiger partial charge in [-0.2, -0.15) is 0 Å². The standard InChI is InChI=1S/C15H24N4O/c1-10(2)14-17-12-9-19(8-6-13(12)18(14)3)15(20)11-5-4-7-16-11/h10-11,16H,4-9H2,1-3H3. The Hall–Kier alpha value is -1.36. The number of nitrogens with one attached hydrogen (secondary N) is 1. The molecule has 2 aliphatic rings. The van der Waals surface area contributed by atoms with E-state index in [-0.39, 0.29) is 11.9 Å². The molecule has 1 N–H and O–H groups in total. The largest absolute Gasteiger partial charge is 0.335 e. The summed E-state index contributed by atoms with van der Waals surface area (Å²) in [5.74, 6) is 1.81. The maximum absolute atomic E-state index is 12.5. The zero-order valence-corrected chi connectivity index (χ0v) is 12.6. The topological polar surface area (TPSA) is 50.2 Å². The van der Waals surface area contributed by atoms with Crippen molar-refractivity contribution < 1.29 is 4.79 Å². The number of nitrogens with zero attached hydrogens (tertiary/aromatic N) is 3. The first-order valence-electron chi connectivity index (χ1n) is 7.64. The van der Waals surface area contributed by atoms with Crippen molar-refractivity contribution in [3.63, 3.8) is 0 Å². The summed E-state index contributed by atoms with van der Waals surface area (Å²) < 4.78 is 2.22. The van der Waals surface area contributed by atoms with Crippen LogP contribution in [0.4, 0.5) is 0 Å². The molecular formula is C15H24N4O. The molecule has 1 aromatic heterocycles. The minimum absolute atomic E-state index is 0.0323. The van der Waals surface area contributed by atoms with Gasteiger partial charge in [0.25, 0.3) is 0 Å². The Labute approximate surface area is 120 Å². The minimum atomic E-state index is 0.0323. The van der Waals surface area contributed by atoms with Crippen LogP contribution in [0.3, 0.4) is 0 Å². The van der Waals surface area contributed by atoms with Crippen LogP contribution in [0, 0.1) is 0 Å². The second kappa shape index (κ2) is 5.20. The summed E-state index contributed by atoms with van der Waals surface area (Å²) in [4.78, 5) is 19.2. The molecule has 1 atom stereocenters. The van der Waals surface area contributed by atoms with E-state index in [0.29, 0.717) is 12.5 Å². The Balaban J connectivity index is 1.78. The van der Waals surface area contributed by atoms with Crippen molar-refractivity contribution in [3.8, 4) is 0 Å². The molecule has 1 saturated heterocycles. The number of carbonyl (C=O) groups excluding carboxylic acids is 1. The van der Waals surface area contributed by atoms with Crippen molar-refractivity contribution in [2.45, 2.75) is 51.6 Å². The molecule has 1 amide bonds. The van der Waals surface area contributed by atoms with Crippen LogP contribution in [0.15, 0.2) is 0 Å². The summed E-state index contributed by atoms with van der Waals surface area (Å²) in [6.07, 6.45) is 3.00. The number of imidazole rings is 1. The second-order valence-electron chi connectivity index (χ2n) is 6.24. The van der Waals surface area contributed by atoms with E-state index in [1.165, 1.54) is 5.69 Å². The molecule has 110 valence electrons. The lowest BCUT2D eigenvalue weighted by Crippen LogP contribution is -2.45. The molecule has 1 fully saturated rings. The summed E-state index contributed by atoms with van der Waals surface area (Å²) in [7, 11) is 2.09. The maximum atomic E-state index is 12.5. The van der Waals surface area contributed by atoms with E-state index in [9.17, 15) is 4.79 Å². The maximum Gasteiger partial charge on any atom is 0.240 e. The fourth-order valence-electron chi connectivity index (χ4n) is 3.37. The van der Waals surface area contributed by atoms with Gasteiger partial charge in [-0.05, 0) is 19.4 Å². The van der Waals surface area contributed by atoms with Crippen LogP contribution < -0.4 is 5.32 Å². The number of amides is 1. The molecule has 0 spiro atoms. The Bertz CT molecular complexity index is 514. The van der Waals surface area contributed by atoms with E-state index in [1.54, 1.807) is 0 Å². The van der Waals surface area contributed by atoms with Gasteiger partial charge in [0.15, 0.2) is 0 Å². The van der Waals surface area contributed by atoms with Gasteiger partial charge in [0, 0.05) is 31.6 Å². The number of fused-ring (bicyclic) bond motifs is 1. The fourth-order valence-corrected chi connectivity index (χ4v) is 3.37. The lowest BCUT2D eigenvalue weighted by Gasteiger charge is -2.29. The van der Waals surface area contributed by atoms with Crippen LogP contribution in [0.2, 0.25) is 0 Å². The normalized spacial score (nSPS) is 22.4. The highest BCUT2D eigenvalue weighted by Crippen LogP contribution is 2.24. The van der Waals surface area contributed by atoms with E-state index < -0.39 is 0 Å². The predicted molar refractivity (Wildman–Crippen MR) is 77.4 cm³/mol. The van der Waals surface area contributed by atoms with Gasteiger partial charge in [0.05, 0.1) is 18.3 Å². The first kappa shape index (κ1) is 13.6. The third kappa shape index (κ3) is 2.24. The van der Waals surface area contributed by atoms with Crippen molar-refractivity contribution >= 4 is 5.91 Å². The minimum Gasteiger partial charge on any atom is -0.335 e. The molecule has 0 aliphatic carbocycles. The van der Waals surface area contributed by atoms with E-state index in [1.807, 2.05) is 4.90 Å². The van der Waals surface area contributed by atoms with Gasteiger partial charge in [-0.25, -0.2) is 4.98 Å². The van der Waals surface area contributed by atoms with Crippen molar-refractivity contribution in [2.24, 2.45) is 7.05 Å². The third-order valence-corrected chi connectivity index (χ3v) is 4.48. The third-order valence-electron chi connectivity index (χ3n) is 4.48.